The highest BCUT2D eigenvalue weighted by molar-refractivity contribution is 5.63. The Morgan fingerprint density at radius 1 is 1.15 bits per heavy atom. The van der Waals surface area contributed by atoms with Gasteiger partial charge in [0.1, 0.15) is 11.6 Å². The number of hydrogen-bond donors (Lipinski definition) is 1. The Kier molecular flexibility index (Phi) is 4.32. The van der Waals surface area contributed by atoms with Crippen LogP contribution in [-0.4, -0.2) is 16.5 Å². The van der Waals surface area contributed by atoms with Crippen molar-refractivity contribution in [3.63, 3.8) is 0 Å². The molecule has 0 aliphatic heterocycles. The van der Waals surface area contributed by atoms with Crippen molar-refractivity contribution in [2.24, 2.45) is 0 Å². The van der Waals surface area contributed by atoms with Gasteiger partial charge in [-0.05, 0) is 51.0 Å². The van der Waals surface area contributed by atoms with E-state index in [2.05, 4.69) is 22.2 Å². The molecule has 2 aromatic rings. The Morgan fingerprint density at radius 3 is 2.55 bits per heavy atom. The summed E-state index contributed by atoms with van der Waals surface area (Å²) in [6.45, 7) is 8.84. The molecule has 1 N–H and O–H groups in total. The van der Waals surface area contributed by atoms with Crippen molar-refractivity contribution < 1.29 is 4.39 Å². The molecule has 2 rings (SSSR count). The maximum atomic E-state index is 13.2. The molecule has 106 valence electrons. The summed E-state index contributed by atoms with van der Waals surface area (Å²) >= 11 is 0. The van der Waals surface area contributed by atoms with E-state index in [4.69, 9.17) is 0 Å². The fourth-order valence-electron chi connectivity index (χ4n) is 2.04. The first-order chi connectivity index (χ1) is 9.52. The second-order valence-corrected chi connectivity index (χ2v) is 4.99. The van der Waals surface area contributed by atoms with Crippen molar-refractivity contribution in [1.82, 2.24) is 9.97 Å². The van der Waals surface area contributed by atoms with E-state index in [0.717, 1.165) is 41.2 Å². The van der Waals surface area contributed by atoms with Gasteiger partial charge in [-0.3, -0.25) is 0 Å². The van der Waals surface area contributed by atoms with Gasteiger partial charge in [0, 0.05) is 23.4 Å². The number of halogens is 1. The van der Waals surface area contributed by atoms with Crippen LogP contribution in [0.3, 0.4) is 0 Å². The lowest BCUT2D eigenvalue weighted by molar-refractivity contribution is 0.627. The van der Waals surface area contributed by atoms with Gasteiger partial charge in [0.15, 0.2) is 5.82 Å². The summed E-state index contributed by atoms with van der Waals surface area (Å²) in [6.07, 6.45) is 1.04. The third-order valence-corrected chi connectivity index (χ3v) is 3.36. The predicted octanol–water partition coefficient (Wildman–Crippen LogP) is 4.03. The lowest BCUT2D eigenvalue weighted by Crippen LogP contribution is -2.08. The first-order valence-corrected chi connectivity index (χ1v) is 6.88. The lowest BCUT2D eigenvalue weighted by atomic mass is 10.1. The van der Waals surface area contributed by atoms with Crippen LogP contribution in [0.5, 0.6) is 0 Å². The third-order valence-electron chi connectivity index (χ3n) is 3.36. The molecule has 1 heterocycles. The van der Waals surface area contributed by atoms with Gasteiger partial charge in [-0.15, -0.1) is 0 Å². The Hall–Kier alpha value is -1.97. The fraction of sp³-hybridized carbons (Fsp3) is 0.375. The average Bonchev–Trinajstić information content (AvgIpc) is 2.40. The predicted molar refractivity (Wildman–Crippen MR) is 80.4 cm³/mol. The Morgan fingerprint density at radius 2 is 1.90 bits per heavy atom. The molecule has 0 aliphatic carbocycles. The van der Waals surface area contributed by atoms with E-state index in [9.17, 15) is 4.39 Å². The minimum atomic E-state index is -0.237. The summed E-state index contributed by atoms with van der Waals surface area (Å²) < 4.78 is 13.2. The molecule has 0 aliphatic rings. The quantitative estimate of drug-likeness (QED) is 0.914. The molecule has 0 amide bonds. The minimum absolute atomic E-state index is 0.237. The van der Waals surface area contributed by atoms with Crippen LogP contribution in [-0.2, 0) is 0 Å². The number of hydrogen-bond acceptors (Lipinski definition) is 3. The summed E-state index contributed by atoms with van der Waals surface area (Å²) in [5.74, 6) is 1.27. The zero-order chi connectivity index (χ0) is 14.7. The van der Waals surface area contributed by atoms with Crippen LogP contribution in [0, 0.1) is 26.6 Å². The molecule has 0 bridgehead atoms. The molecule has 4 heteroatoms. The van der Waals surface area contributed by atoms with Crippen LogP contribution >= 0.6 is 0 Å². The molecule has 3 nitrogen and oxygen atoms in total. The van der Waals surface area contributed by atoms with E-state index in [1.807, 2.05) is 20.8 Å². The fourth-order valence-corrected chi connectivity index (χ4v) is 2.04. The van der Waals surface area contributed by atoms with Crippen LogP contribution < -0.4 is 5.32 Å². The summed E-state index contributed by atoms with van der Waals surface area (Å²) in [5.41, 5.74) is 3.71. The largest absolute Gasteiger partial charge is 0.370 e. The van der Waals surface area contributed by atoms with Crippen LogP contribution in [0.1, 0.15) is 30.2 Å². The molecule has 0 saturated heterocycles. The van der Waals surface area contributed by atoms with Crippen molar-refractivity contribution in [2.75, 3.05) is 11.9 Å². The van der Waals surface area contributed by atoms with Gasteiger partial charge in [0.25, 0.3) is 0 Å². The van der Waals surface area contributed by atoms with Gasteiger partial charge in [0.05, 0.1) is 0 Å². The number of nitrogens with one attached hydrogen (secondary N) is 1. The zero-order valence-corrected chi connectivity index (χ0v) is 12.4. The molecular weight excluding hydrogens is 253 g/mol. The van der Waals surface area contributed by atoms with E-state index in [-0.39, 0.29) is 5.82 Å². The van der Waals surface area contributed by atoms with Gasteiger partial charge in [-0.25, -0.2) is 14.4 Å². The van der Waals surface area contributed by atoms with E-state index >= 15 is 0 Å². The summed E-state index contributed by atoms with van der Waals surface area (Å²) in [5, 5.41) is 3.32. The Labute approximate surface area is 119 Å². The SMILES string of the molecule is CCCNc1nc(-c2ccc(F)cc2C)nc(C)c1C. The Bertz CT molecular complexity index is 623. The highest BCUT2D eigenvalue weighted by Crippen LogP contribution is 2.24. The van der Waals surface area contributed by atoms with E-state index < -0.39 is 0 Å². The summed E-state index contributed by atoms with van der Waals surface area (Å²) in [6, 6.07) is 4.69. The molecule has 0 radical (unpaired) electrons. The van der Waals surface area contributed by atoms with Crippen LogP contribution in [0.2, 0.25) is 0 Å². The normalized spacial score (nSPS) is 10.7. The van der Waals surface area contributed by atoms with Gasteiger partial charge in [-0.2, -0.15) is 0 Å². The third kappa shape index (κ3) is 2.95. The van der Waals surface area contributed by atoms with Crippen LogP contribution in [0.15, 0.2) is 18.2 Å². The van der Waals surface area contributed by atoms with Gasteiger partial charge < -0.3 is 5.32 Å². The summed E-state index contributed by atoms with van der Waals surface area (Å²) in [7, 11) is 0. The van der Waals surface area contributed by atoms with Crippen molar-refractivity contribution in [3.05, 3.63) is 40.8 Å². The molecule has 0 saturated carbocycles. The molecule has 0 spiro atoms. The van der Waals surface area contributed by atoms with Crippen molar-refractivity contribution >= 4 is 5.82 Å². The smallest absolute Gasteiger partial charge is 0.162 e. The van der Waals surface area contributed by atoms with E-state index in [1.54, 1.807) is 6.07 Å². The molecule has 20 heavy (non-hydrogen) atoms. The Balaban J connectivity index is 2.48. The molecular formula is C16H20FN3. The summed E-state index contributed by atoms with van der Waals surface area (Å²) in [4.78, 5) is 9.12. The zero-order valence-electron chi connectivity index (χ0n) is 12.4. The average molecular weight is 273 g/mol. The van der Waals surface area contributed by atoms with Gasteiger partial charge >= 0.3 is 0 Å². The van der Waals surface area contributed by atoms with Crippen molar-refractivity contribution in [3.8, 4) is 11.4 Å². The lowest BCUT2D eigenvalue weighted by Gasteiger charge is -2.13. The molecule has 1 aromatic carbocycles. The minimum Gasteiger partial charge on any atom is -0.370 e. The number of aromatic nitrogens is 2. The highest BCUT2D eigenvalue weighted by atomic mass is 19.1. The van der Waals surface area contributed by atoms with Crippen LogP contribution in [0.4, 0.5) is 10.2 Å². The number of nitrogens with zero attached hydrogens (tertiary/aromatic N) is 2. The molecule has 0 unspecified atom stereocenters. The van der Waals surface area contributed by atoms with E-state index in [1.165, 1.54) is 12.1 Å². The standard InChI is InChI=1S/C16H20FN3/c1-5-8-18-15-11(3)12(4)19-16(20-15)14-7-6-13(17)9-10(14)2/h6-7,9H,5,8H2,1-4H3,(H,18,19,20). The maximum absolute atomic E-state index is 13.2. The number of anilines is 1. The highest BCUT2D eigenvalue weighted by Gasteiger charge is 2.11. The second kappa shape index (κ2) is 5.99. The van der Waals surface area contributed by atoms with Gasteiger partial charge in [0.2, 0.25) is 0 Å². The molecule has 1 aromatic heterocycles. The molecule has 0 atom stereocenters. The monoisotopic (exact) mass is 273 g/mol. The first kappa shape index (κ1) is 14.4. The van der Waals surface area contributed by atoms with Crippen molar-refractivity contribution in [1.29, 1.82) is 0 Å². The number of rotatable bonds is 4. The number of aryl methyl sites for hydroxylation is 2. The van der Waals surface area contributed by atoms with E-state index in [0.29, 0.717) is 5.82 Å². The van der Waals surface area contributed by atoms with Crippen molar-refractivity contribution in [2.45, 2.75) is 34.1 Å². The maximum Gasteiger partial charge on any atom is 0.162 e. The second-order valence-electron chi connectivity index (χ2n) is 4.99. The molecule has 0 fully saturated rings. The van der Waals surface area contributed by atoms with Gasteiger partial charge in [-0.1, -0.05) is 6.92 Å². The number of benzene rings is 1. The van der Waals surface area contributed by atoms with Crippen LogP contribution in [0.25, 0.3) is 11.4 Å². The topological polar surface area (TPSA) is 37.8 Å². The first-order valence-electron chi connectivity index (χ1n) is 6.88.